The van der Waals surface area contributed by atoms with Gasteiger partial charge in [0.1, 0.15) is 6.61 Å². The van der Waals surface area contributed by atoms with Crippen molar-refractivity contribution in [1.29, 1.82) is 0 Å². The Bertz CT molecular complexity index is 782. The van der Waals surface area contributed by atoms with Gasteiger partial charge in [0.15, 0.2) is 11.5 Å². The van der Waals surface area contributed by atoms with Gasteiger partial charge >= 0.3 is 6.03 Å². The molecule has 0 fully saturated rings. The van der Waals surface area contributed by atoms with Crippen LogP contribution < -0.4 is 20.6 Å². The summed E-state index contributed by atoms with van der Waals surface area (Å²) in [4.78, 5) is 10.6. The third kappa shape index (κ3) is 5.85. The third-order valence-electron chi connectivity index (χ3n) is 3.05. The largest absolute Gasteiger partial charge is 0.490 e. The van der Waals surface area contributed by atoms with E-state index in [4.69, 9.17) is 38.4 Å². The maximum absolute atomic E-state index is 10.6. The van der Waals surface area contributed by atoms with Gasteiger partial charge in [0.2, 0.25) is 0 Å². The molecule has 0 bridgehead atoms. The van der Waals surface area contributed by atoms with Gasteiger partial charge in [-0.25, -0.2) is 10.2 Å². The molecule has 0 unspecified atom stereocenters. The number of nitrogens with two attached hydrogens (primary N) is 1. The lowest BCUT2D eigenvalue weighted by molar-refractivity contribution is 0.249. The highest BCUT2D eigenvalue weighted by Gasteiger charge is 2.08. The van der Waals surface area contributed by atoms with Crippen molar-refractivity contribution in [2.45, 2.75) is 13.5 Å². The second kappa shape index (κ2) is 9.15. The molecule has 0 aliphatic heterocycles. The van der Waals surface area contributed by atoms with Crippen LogP contribution in [0.5, 0.6) is 11.5 Å². The Labute approximate surface area is 155 Å². The Morgan fingerprint density at radius 3 is 2.68 bits per heavy atom. The number of carbonyl (C=O) groups excluding carboxylic acids is 1. The van der Waals surface area contributed by atoms with E-state index >= 15 is 0 Å². The molecule has 0 aliphatic carbocycles. The smallest absolute Gasteiger partial charge is 0.332 e. The number of halogens is 2. The number of primary amides is 1. The van der Waals surface area contributed by atoms with Crippen LogP contribution in [0.25, 0.3) is 0 Å². The van der Waals surface area contributed by atoms with Crippen LogP contribution in [-0.4, -0.2) is 18.9 Å². The fourth-order valence-electron chi connectivity index (χ4n) is 1.96. The number of rotatable bonds is 7. The molecular formula is C17H17Cl2N3O3. The number of benzene rings is 2. The van der Waals surface area contributed by atoms with E-state index in [0.717, 1.165) is 5.56 Å². The summed E-state index contributed by atoms with van der Waals surface area (Å²) in [5.74, 6) is 1.11. The van der Waals surface area contributed by atoms with E-state index in [1.165, 1.54) is 6.21 Å². The van der Waals surface area contributed by atoms with Gasteiger partial charge < -0.3 is 15.2 Å². The highest BCUT2D eigenvalue weighted by atomic mass is 35.5. The van der Waals surface area contributed by atoms with E-state index in [9.17, 15) is 4.79 Å². The zero-order chi connectivity index (χ0) is 18.2. The maximum Gasteiger partial charge on any atom is 0.332 e. The molecule has 0 aromatic heterocycles. The minimum absolute atomic E-state index is 0.271. The summed E-state index contributed by atoms with van der Waals surface area (Å²) in [6.45, 7) is 2.61. The number of nitrogens with one attached hydrogen (secondary N) is 1. The Balaban J connectivity index is 2.13. The molecule has 0 saturated carbocycles. The molecule has 0 atom stereocenters. The number of hydrazone groups is 1. The van der Waals surface area contributed by atoms with Gasteiger partial charge in [-0.1, -0.05) is 29.3 Å². The van der Waals surface area contributed by atoms with Crippen LogP contribution in [0.4, 0.5) is 4.79 Å². The van der Waals surface area contributed by atoms with E-state index in [-0.39, 0.29) is 6.61 Å². The van der Waals surface area contributed by atoms with Crippen molar-refractivity contribution in [3.05, 3.63) is 57.6 Å². The second-order valence-electron chi connectivity index (χ2n) is 4.90. The van der Waals surface area contributed by atoms with Crippen LogP contribution in [0, 0.1) is 0 Å². The molecule has 2 amide bonds. The Kier molecular flexibility index (Phi) is 6.91. The molecule has 2 rings (SSSR count). The summed E-state index contributed by atoms with van der Waals surface area (Å²) in [7, 11) is 0. The molecule has 6 nitrogen and oxygen atoms in total. The van der Waals surface area contributed by atoms with Gasteiger partial charge in [-0.15, -0.1) is 0 Å². The van der Waals surface area contributed by atoms with Crippen LogP contribution in [0.1, 0.15) is 18.1 Å². The van der Waals surface area contributed by atoms with Gasteiger partial charge in [-0.05, 0) is 42.8 Å². The fraction of sp³-hybridized carbons (Fsp3) is 0.176. The third-order valence-corrected chi connectivity index (χ3v) is 3.64. The molecule has 132 valence electrons. The van der Waals surface area contributed by atoms with Crippen molar-refractivity contribution in [1.82, 2.24) is 5.43 Å². The highest BCUT2D eigenvalue weighted by Crippen LogP contribution is 2.30. The highest BCUT2D eigenvalue weighted by molar-refractivity contribution is 6.35. The zero-order valence-corrected chi connectivity index (χ0v) is 15.0. The second-order valence-corrected chi connectivity index (χ2v) is 5.74. The molecular weight excluding hydrogens is 365 g/mol. The van der Waals surface area contributed by atoms with E-state index < -0.39 is 6.03 Å². The minimum Gasteiger partial charge on any atom is -0.490 e. The van der Waals surface area contributed by atoms with Crippen molar-refractivity contribution in [2.75, 3.05) is 6.61 Å². The molecule has 0 radical (unpaired) electrons. The standard InChI is InChI=1S/C17H17Cl2N3O3/c1-2-24-16-7-11(9-21-22-17(20)23)3-6-15(16)25-10-12-4-5-13(18)8-14(12)19/h3-9H,2,10H2,1H3,(H3,20,22,23). The number of urea groups is 1. The zero-order valence-electron chi connectivity index (χ0n) is 13.5. The van der Waals surface area contributed by atoms with Gasteiger partial charge in [0.05, 0.1) is 12.8 Å². The average Bonchev–Trinajstić information content (AvgIpc) is 2.55. The normalized spacial score (nSPS) is 10.7. The van der Waals surface area contributed by atoms with Gasteiger partial charge in [-0.3, -0.25) is 0 Å². The van der Waals surface area contributed by atoms with Gasteiger partial charge in [0, 0.05) is 15.6 Å². The molecule has 25 heavy (non-hydrogen) atoms. The average molecular weight is 382 g/mol. The SMILES string of the molecule is CCOc1cc(C=NNC(N)=O)ccc1OCc1ccc(Cl)cc1Cl. The molecule has 8 heteroatoms. The summed E-state index contributed by atoms with van der Waals surface area (Å²) in [6, 6.07) is 9.75. The predicted molar refractivity (Wildman–Crippen MR) is 98.7 cm³/mol. The number of ether oxygens (including phenoxy) is 2. The van der Waals surface area contributed by atoms with Crippen LogP contribution in [0.3, 0.4) is 0 Å². The number of hydrogen-bond acceptors (Lipinski definition) is 4. The van der Waals surface area contributed by atoms with Crippen molar-refractivity contribution >= 4 is 35.4 Å². The first kappa shape index (κ1) is 18.9. The number of carbonyl (C=O) groups is 1. The van der Waals surface area contributed by atoms with Gasteiger partial charge in [0.25, 0.3) is 0 Å². The van der Waals surface area contributed by atoms with Crippen LogP contribution in [0.15, 0.2) is 41.5 Å². The molecule has 0 heterocycles. The number of hydrogen-bond donors (Lipinski definition) is 2. The molecule has 2 aromatic carbocycles. The first-order chi connectivity index (χ1) is 12.0. The lowest BCUT2D eigenvalue weighted by Crippen LogP contribution is -2.24. The Hall–Kier alpha value is -2.44. The predicted octanol–water partition coefficient (Wildman–Crippen LogP) is 3.97. The lowest BCUT2D eigenvalue weighted by atomic mass is 10.2. The summed E-state index contributed by atoms with van der Waals surface area (Å²) in [5.41, 5.74) is 8.60. The van der Waals surface area contributed by atoms with E-state index in [1.54, 1.807) is 30.3 Å². The Morgan fingerprint density at radius 2 is 2.00 bits per heavy atom. The first-order valence-corrected chi connectivity index (χ1v) is 8.17. The fourth-order valence-corrected chi connectivity index (χ4v) is 2.42. The molecule has 2 aromatic rings. The lowest BCUT2D eigenvalue weighted by Gasteiger charge is -2.13. The van der Waals surface area contributed by atoms with Crippen molar-refractivity contribution in [3.8, 4) is 11.5 Å². The van der Waals surface area contributed by atoms with E-state index in [0.29, 0.717) is 33.7 Å². The number of amides is 2. The summed E-state index contributed by atoms with van der Waals surface area (Å²) in [6.07, 6.45) is 1.45. The van der Waals surface area contributed by atoms with Crippen molar-refractivity contribution in [2.24, 2.45) is 10.8 Å². The molecule has 0 spiro atoms. The molecule has 0 aliphatic rings. The summed E-state index contributed by atoms with van der Waals surface area (Å²) >= 11 is 12.0. The molecule has 0 saturated heterocycles. The van der Waals surface area contributed by atoms with Crippen LogP contribution in [0.2, 0.25) is 10.0 Å². The van der Waals surface area contributed by atoms with Crippen molar-refractivity contribution < 1.29 is 14.3 Å². The van der Waals surface area contributed by atoms with Crippen LogP contribution in [-0.2, 0) is 6.61 Å². The van der Waals surface area contributed by atoms with Crippen molar-refractivity contribution in [3.63, 3.8) is 0 Å². The van der Waals surface area contributed by atoms with E-state index in [1.807, 2.05) is 13.0 Å². The quantitative estimate of drug-likeness (QED) is 0.561. The summed E-state index contributed by atoms with van der Waals surface area (Å²) in [5, 5.41) is 4.81. The summed E-state index contributed by atoms with van der Waals surface area (Å²) < 4.78 is 11.4. The monoisotopic (exact) mass is 381 g/mol. The number of nitrogens with zero attached hydrogens (tertiary/aromatic N) is 1. The maximum atomic E-state index is 10.6. The van der Waals surface area contributed by atoms with Crippen LogP contribution >= 0.6 is 23.2 Å². The Morgan fingerprint density at radius 1 is 1.20 bits per heavy atom. The molecule has 3 N–H and O–H groups in total. The first-order valence-electron chi connectivity index (χ1n) is 7.41. The topological polar surface area (TPSA) is 85.9 Å². The van der Waals surface area contributed by atoms with E-state index in [2.05, 4.69) is 10.5 Å². The minimum atomic E-state index is -0.735. The van der Waals surface area contributed by atoms with Gasteiger partial charge in [-0.2, -0.15) is 5.10 Å².